The van der Waals surface area contributed by atoms with Gasteiger partial charge in [-0.3, -0.25) is 0 Å². The molecule has 0 aliphatic heterocycles. The summed E-state index contributed by atoms with van der Waals surface area (Å²) in [5, 5.41) is 0. The Kier molecular flexibility index (Phi) is 6.36. The zero-order valence-corrected chi connectivity index (χ0v) is 12.6. The van der Waals surface area contributed by atoms with Gasteiger partial charge in [0.25, 0.3) is 0 Å². The van der Waals surface area contributed by atoms with Gasteiger partial charge in [-0.05, 0) is 0 Å². The SMILES string of the molecule is C=CC(=O)Oc1c(F)c(F)c(S(=O)(=O)[O-])c(F)c1F.[Na+]. The Morgan fingerprint density at radius 1 is 1.10 bits per heavy atom. The summed E-state index contributed by atoms with van der Waals surface area (Å²) < 4.78 is 88.1. The average Bonchev–Trinajstić information content (AvgIpc) is 2.30. The molecule has 0 saturated carbocycles. The van der Waals surface area contributed by atoms with E-state index in [1.807, 2.05) is 0 Å². The second-order valence-corrected chi connectivity index (χ2v) is 4.31. The molecular formula is C9H3F4NaO5S. The monoisotopic (exact) mass is 322 g/mol. The fourth-order valence-electron chi connectivity index (χ4n) is 1.04. The van der Waals surface area contributed by atoms with Crippen molar-refractivity contribution in [1.82, 2.24) is 0 Å². The molecular weight excluding hydrogens is 319 g/mol. The van der Waals surface area contributed by atoms with Crippen LogP contribution in [0.2, 0.25) is 0 Å². The van der Waals surface area contributed by atoms with Gasteiger partial charge in [0.2, 0.25) is 17.4 Å². The summed E-state index contributed by atoms with van der Waals surface area (Å²) in [6, 6.07) is 0. The molecule has 0 aliphatic rings. The van der Waals surface area contributed by atoms with Crippen LogP contribution in [0, 0.1) is 23.3 Å². The van der Waals surface area contributed by atoms with E-state index < -0.39 is 50.0 Å². The van der Waals surface area contributed by atoms with Crippen molar-refractivity contribution in [3.05, 3.63) is 35.9 Å². The summed E-state index contributed by atoms with van der Waals surface area (Å²) >= 11 is 0. The number of hydrogen-bond acceptors (Lipinski definition) is 5. The maximum absolute atomic E-state index is 13.2. The van der Waals surface area contributed by atoms with Gasteiger partial charge in [-0.2, -0.15) is 8.78 Å². The molecule has 0 saturated heterocycles. The largest absolute Gasteiger partial charge is 1.00 e. The Labute approximate surface area is 132 Å². The van der Waals surface area contributed by atoms with Crippen molar-refractivity contribution in [3.8, 4) is 5.75 Å². The van der Waals surface area contributed by atoms with Crippen molar-refractivity contribution in [1.29, 1.82) is 0 Å². The smallest absolute Gasteiger partial charge is 0.744 e. The van der Waals surface area contributed by atoms with Crippen LogP contribution in [-0.4, -0.2) is 18.9 Å². The van der Waals surface area contributed by atoms with E-state index in [4.69, 9.17) is 0 Å². The van der Waals surface area contributed by atoms with Crippen molar-refractivity contribution >= 4 is 16.1 Å². The molecule has 0 unspecified atom stereocenters. The Balaban J connectivity index is 0.00000361. The number of halogens is 4. The van der Waals surface area contributed by atoms with E-state index >= 15 is 0 Å². The number of rotatable bonds is 3. The molecule has 0 aromatic heterocycles. The number of esters is 1. The summed E-state index contributed by atoms with van der Waals surface area (Å²) in [6.45, 7) is 2.86. The predicted octanol–water partition coefficient (Wildman–Crippen LogP) is -1.76. The van der Waals surface area contributed by atoms with E-state index in [0.717, 1.165) is 0 Å². The van der Waals surface area contributed by atoms with Crippen LogP contribution in [0.4, 0.5) is 17.6 Å². The van der Waals surface area contributed by atoms with Crippen molar-refractivity contribution in [3.63, 3.8) is 0 Å². The second kappa shape index (κ2) is 6.68. The molecule has 0 atom stereocenters. The normalized spacial score (nSPS) is 10.7. The molecule has 1 aromatic carbocycles. The zero-order chi connectivity index (χ0) is 15.0. The third-order valence-corrected chi connectivity index (χ3v) is 2.66. The number of carbonyl (C=O) groups excluding carboxylic acids is 1. The molecule has 0 heterocycles. The first-order valence-corrected chi connectivity index (χ1v) is 5.68. The molecule has 0 bridgehead atoms. The fraction of sp³-hybridized carbons (Fsp3) is 0. The summed E-state index contributed by atoms with van der Waals surface area (Å²) in [4.78, 5) is 8.36. The topological polar surface area (TPSA) is 83.5 Å². The first-order chi connectivity index (χ1) is 8.61. The van der Waals surface area contributed by atoms with E-state index in [9.17, 15) is 35.3 Å². The molecule has 1 aromatic rings. The number of ether oxygens (including phenoxy) is 1. The van der Waals surface area contributed by atoms with Gasteiger partial charge in [0.1, 0.15) is 15.0 Å². The molecule has 0 radical (unpaired) electrons. The Morgan fingerprint density at radius 3 is 1.80 bits per heavy atom. The zero-order valence-electron chi connectivity index (χ0n) is 9.75. The molecule has 104 valence electrons. The van der Waals surface area contributed by atoms with Gasteiger partial charge in [-0.25, -0.2) is 22.0 Å². The minimum absolute atomic E-state index is 0. The maximum Gasteiger partial charge on any atom is 1.00 e. The number of benzene rings is 1. The van der Waals surface area contributed by atoms with Crippen LogP contribution in [0.15, 0.2) is 17.6 Å². The van der Waals surface area contributed by atoms with Crippen LogP contribution in [0.3, 0.4) is 0 Å². The first-order valence-electron chi connectivity index (χ1n) is 4.27. The molecule has 0 aliphatic carbocycles. The van der Waals surface area contributed by atoms with E-state index in [2.05, 4.69) is 11.3 Å². The van der Waals surface area contributed by atoms with Gasteiger partial charge >= 0.3 is 35.5 Å². The molecule has 5 nitrogen and oxygen atoms in total. The van der Waals surface area contributed by atoms with E-state index in [1.54, 1.807) is 0 Å². The quantitative estimate of drug-likeness (QED) is 0.125. The van der Waals surface area contributed by atoms with Crippen LogP contribution in [0.1, 0.15) is 0 Å². The number of hydrogen-bond donors (Lipinski definition) is 0. The Hall–Kier alpha value is -0.940. The molecule has 0 spiro atoms. The minimum atomic E-state index is -5.80. The molecule has 0 fully saturated rings. The predicted molar refractivity (Wildman–Crippen MR) is 50.1 cm³/mol. The van der Waals surface area contributed by atoms with E-state index in [-0.39, 0.29) is 29.6 Å². The van der Waals surface area contributed by atoms with Gasteiger partial charge in [-0.15, -0.1) is 0 Å². The third kappa shape index (κ3) is 3.58. The second-order valence-electron chi connectivity index (χ2n) is 2.99. The van der Waals surface area contributed by atoms with Gasteiger partial charge in [-0.1, -0.05) is 6.58 Å². The van der Waals surface area contributed by atoms with Gasteiger partial charge in [0.15, 0.2) is 11.6 Å². The average molecular weight is 322 g/mol. The van der Waals surface area contributed by atoms with Crippen LogP contribution >= 0.6 is 0 Å². The fourth-order valence-corrected chi connectivity index (χ4v) is 1.66. The molecule has 20 heavy (non-hydrogen) atoms. The summed E-state index contributed by atoms with van der Waals surface area (Å²) in [5.74, 6) is -12.9. The van der Waals surface area contributed by atoms with E-state index in [0.29, 0.717) is 6.08 Å². The molecule has 0 amide bonds. The van der Waals surface area contributed by atoms with Gasteiger partial charge in [0, 0.05) is 6.08 Å². The third-order valence-electron chi connectivity index (χ3n) is 1.80. The molecule has 1 rings (SSSR count). The summed E-state index contributed by atoms with van der Waals surface area (Å²) in [5.41, 5.74) is 0. The molecule has 0 N–H and O–H groups in total. The van der Waals surface area contributed by atoms with Crippen LogP contribution in [-0.2, 0) is 14.9 Å². The van der Waals surface area contributed by atoms with Crippen molar-refractivity contribution in [2.75, 3.05) is 0 Å². The van der Waals surface area contributed by atoms with Crippen LogP contribution < -0.4 is 34.3 Å². The Morgan fingerprint density at radius 2 is 1.50 bits per heavy atom. The standard InChI is InChI=1S/C9H4F4O5S.Na/c1-2-3(14)18-8-4(10)6(12)9(19(15,16)17)7(13)5(8)11;/h2H,1H2,(H,15,16,17);/q;+1/p-1. The summed E-state index contributed by atoms with van der Waals surface area (Å²) in [6.07, 6.45) is 0.437. The summed E-state index contributed by atoms with van der Waals surface area (Å²) in [7, 11) is -5.80. The van der Waals surface area contributed by atoms with Crippen LogP contribution in [0.5, 0.6) is 5.75 Å². The minimum Gasteiger partial charge on any atom is -0.744 e. The van der Waals surface area contributed by atoms with Gasteiger partial charge < -0.3 is 9.29 Å². The molecule has 11 heteroatoms. The first kappa shape index (κ1) is 19.1. The Bertz CT molecular complexity index is 644. The van der Waals surface area contributed by atoms with Crippen LogP contribution in [0.25, 0.3) is 0 Å². The number of carbonyl (C=O) groups is 1. The van der Waals surface area contributed by atoms with Crippen molar-refractivity contribution in [2.24, 2.45) is 0 Å². The van der Waals surface area contributed by atoms with E-state index in [1.165, 1.54) is 0 Å². The van der Waals surface area contributed by atoms with Crippen molar-refractivity contribution in [2.45, 2.75) is 4.90 Å². The maximum atomic E-state index is 13.2. The van der Waals surface area contributed by atoms with Crippen molar-refractivity contribution < 1.29 is 69.6 Å². The van der Waals surface area contributed by atoms with Gasteiger partial charge in [0.05, 0.1) is 0 Å².